The molecule has 1 aliphatic heterocycles. The summed E-state index contributed by atoms with van der Waals surface area (Å²) in [6.45, 7) is 6.90. The Hall–Kier alpha value is -2.76. The lowest BCUT2D eigenvalue weighted by Crippen LogP contribution is -2.43. The van der Waals surface area contributed by atoms with Crippen molar-refractivity contribution >= 4 is 11.8 Å². The minimum atomic E-state index is -0.284. The molecule has 1 N–H and O–H groups in total. The van der Waals surface area contributed by atoms with Gasteiger partial charge in [-0.05, 0) is 26.8 Å². The molecular weight excluding hydrogens is 340 g/mol. The van der Waals surface area contributed by atoms with Crippen molar-refractivity contribution in [3.63, 3.8) is 0 Å². The van der Waals surface area contributed by atoms with Crippen LogP contribution in [0.3, 0.4) is 0 Å². The average molecular weight is 366 g/mol. The minimum absolute atomic E-state index is 0.0431. The molecule has 0 radical (unpaired) electrons. The highest BCUT2D eigenvalue weighted by Gasteiger charge is 2.39. The number of likely N-dealkylation sites (tertiary alicyclic amines) is 1. The quantitative estimate of drug-likeness (QED) is 0.882. The second-order valence-electron chi connectivity index (χ2n) is 7.84. The van der Waals surface area contributed by atoms with Gasteiger partial charge >= 0.3 is 0 Å². The van der Waals surface area contributed by atoms with Crippen molar-refractivity contribution in [1.29, 1.82) is 0 Å². The zero-order chi connectivity index (χ0) is 19.4. The van der Waals surface area contributed by atoms with Gasteiger partial charge in [-0.2, -0.15) is 0 Å². The van der Waals surface area contributed by atoms with E-state index in [2.05, 4.69) is 15.3 Å². The van der Waals surface area contributed by atoms with Gasteiger partial charge in [0.2, 0.25) is 11.8 Å². The molecule has 0 spiro atoms. The number of hydrogen-bond donors (Lipinski definition) is 1. The molecule has 1 aliphatic rings. The molecule has 1 saturated heterocycles. The van der Waals surface area contributed by atoms with E-state index < -0.39 is 0 Å². The van der Waals surface area contributed by atoms with Crippen LogP contribution >= 0.6 is 0 Å². The van der Waals surface area contributed by atoms with Gasteiger partial charge in [0, 0.05) is 43.2 Å². The van der Waals surface area contributed by atoms with Gasteiger partial charge in [-0.15, -0.1) is 0 Å². The summed E-state index contributed by atoms with van der Waals surface area (Å²) in [5.74, 6) is 0.375. The summed E-state index contributed by atoms with van der Waals surface area (Å²) >= 11 is 0. The van der Waals surface area contributed by atoms with E-state index in [1.165, 1.54) is 0 Å². The number of benzene rings is 1. The lowest BCUT2D eigenvalue weighted by atomic mass is 10.1. The van der Waals surface area contributed by atoms with Gasteiger partial charge in [-0.3, -0.25) is 9.59 Å². The van der Waals surface area contributed by atoms with Gasteiger partial charge in [0.25, 0.3) is 0 Å². The van der Waals surface area contributed by atoms with E-state index in [0.29, 0.717) is 25.3 Å². The zero-order valence-electron chi connectivity index (χ0n) is 16.1. The predicted molar refractivity (Wildman–Crippen MR) is 104 cm³/mol. The largest absolute Gasteiger partial charge is 0.355 e. The maximum atomic E-state index is 12.4. The van der Waals surface area contributed by atoms with E-state index in [9.17, 15) is 9.59 Å². The lowest BCUT2D eigenvalue weighted by molar-refractivity contribution is -0.132. The van der Waals surface area contributed by atoms with E-state index in [1.807, 2.05) is 57.2 Å². The van der Waals surface area contributed by atoms with E-state index in [1.54, 1.807) is 11.1 Å². The Labute approximate surface area is 160 Å². The second kappa shape index (κ2) is 7.86. The van der Waals surface area contributed by atoms with Crippen LogP contribution in [0.25, 0.3) is 11.3 Å². The highest BCUT2D eigenvalue weighted by molar-refractivity contribution is 5.89. The van der Waals surface area contributed by atoms with E-state index >= 15 is 0 Å². The summed E-state index contributed by atoms with van der Waals surface area (Å²) < 4.78 is 0. The van der Waals surface area contributed by atoms with Crippen molar-refractivity contribution in [2.45, 2.75) is 39.2 Å². The van der Waals surface area contributed by atoms with Gasteiger partial charge in [0.1, 0.15) is 5.82 Å². The summed E-state index contributed by atoms with van der Waals surface area (Å²) in [6, 6.07) is 11.8. The van der Waals surface area contributed by atoms with Gasteiger partial charge in [0.15, 0.2) is 0 Å². The van der Waals surface area contributed by atoms with E-state index in [0.717, 1.165) is 11.3 Å². The maximum absolute atomic E-state index is 12.4. The molecule has 1 fully saturated rings. The molecule has 2 heterocycles. The van der Waals surface area contributed by atoms with E-state index in [-0.39, 0.29) is 29.7 Å². The summed E-state index contributed by atoms with van der Waals surface area (Å²) in [6.07, 6.45) is 2.57. The molecule has 6 nitrogen and oxygen atoms in total. The van der Waals surface area contributed by atoms with Gasteiger partial charge in [0.05, 0.1) is 11.6 Å². The molecule has 1 aromatic heterocycles. The Morgan fingerprint density at radius 3 is 2.63 bits per heavy atom. The monoisotopic (exact) mass is 366 g/mol. The molecule has 3 rings (SSSR count). The fourth-order valence-corrected chi connectivity index (χ4v) is 3.26. The van der Waals surface area contributed by atoms with Crippen molar-refractivity contribution in [3.05, 3.63) is 48.4 Å². The topological polar surface area (TPSA) is 75.2 Å². The number of nitrogens with one attached hydrogen (secondary N) is 1. The van der Waals surface area contributed by atoms with Crippen molar-refractivity contribution in [3.8, 4) is 11.3 Å². The third-order valence-corrected chi connectivity index (χ3v) is 4.73. The molecule has 142 valence electrons. The first kappa shape index (κ1) is 19.0. The lowest BCUT2D eigenvalue weighted by Gasteiger charge is -2.31. The average Bonchev–Trinajstić information content (AvgIpc) is 3.05. The van der Waals surface area contributed by atoms with Crippen LogP contribution in [0.15, 0.2) is 42.6 Å². The predicted octanol–water partition coefficient (Wildman–Crippen LogP) is 2.45. The van der Waals surface area contributed by atoms with Crippen LogP contribution < -0.4 is 5.32 Å². The Morgan fingerprint density at radius 2 is 1.96 bits per heavy atom. The first-order chi connectivity index (χ1) is 12.8. The highest BCUT2D eigenvalue weighted by Crippen LogP contribution is 2.25. The van der Waals surface area contributed by atoms with Crippen LogP contribution in [0.5, 0.6) is 0 Å². The molecule has 0 aliphatic carbocycles. The SMILES string of the molecule is CC(C)(C)N1CC(C(=O)NCCc2nccc(-c3ccccc3)n2)CC1=O. The zero-order valence-corrected chi connectivity index (χ0v) is 16.1. The Bertz CT molecular complexity index is 814. The second-order valence-corrected chi connectivity index (χ2v) is 7.84. The Kier molecular flexibility index (Phi) is 5.54. The van der Waals surface area contributed by atoms with Gasteiger partial charge < -0.3 is 10.2 Å². The summed E-state index contributed by atoms with van der Waals surface area (Å²) in [5, 5.41) is 2.93. The molecule has 27 heavy (non-hydrogen) atoms. The number of hydrogen-bond acceptors (Lipinski definition) is 4. The van der Waals surface area contributed by atoms with Crippen LogP contribution in [0.2, 0.25) is 0 Å². The molecule has 1 atom stereocenters. The van der Waals surface area contributed by atoms with Crippen LogP contribution in [-0.2, 0) is 16.0 Å². The number of rotatable bonds is 5. The van der Waals surface area contributed by atoms with Crippen molar-refractivity contribution < 1.29 is 9.59 Å². The first-order valence-electron chi connectivity index (χ1n) is 9.30. The van der Waals surface area contributed by atoms with Crippen LogP contribution in [0.4, 0.5) is 0 Å². The molecule has 2 amide bonds. The van der Waals surface area contributed by atoms with Crippen molar-refractivity contribution in [2.75, 3.05) is 13.1 Å². The Balaban J connectivity index is 1.53. The summed E-state index contributed by atoms with van der Waals surface area (Å²) in [5.41, 5.74) is 1.66. The number of amides is 2. The smallest absolute Gasteiger partial charge is 0.225 e. The molecule has 1 aromatic carbocycles. The van der Waals surface area contributed by atoms with Crippen molar-refractivity contribution in [1.82, 2.24) is 20.2 Å². The van der Waals surface area contributed by atoms with Gasteiger partial charge in [-0.25, -0.2) is 9.97 Å². The minimum Gasteiger partial charge on any atom is -0.355 e. The highest BCUT2D eigenvalue weighted by atomic mass is 16.2. The molecule has 6 heteroatoms. The van der Waals surface area contributed by atoms with Crippen LogP contribution in [0.1, 0.15) is 33.0 Å². The normalized spacial score (nSPS) is 17.2. The molecule has 2 aromatic rings. The molecule has 1 unspecified atom stereocenters. The standard InChI is InChI=1S/C21H26N4O2/c1-21(2,3)25-14-16(13-19(25)26)20(27)23-12-10-18-22-11-9-17(24-18)15-7-5-4-6-8-15/h4-9,11,16H,10,12-14H2,1-3H3,(H,23,27). The summed E-state index contributed by atoms with van der Waals surface area (Å²) in [7, 11) is 0. The van der Waals surface area contributed by atoms with Crippen LogP contribution in [0, 0.1) is 5.92 Å². The molecule has 0 saturated carbocycles. The maximum Gasteiger partial charge on any atom is 0.225 e. The summed E-state index contributed by atoms with van der Waals surface area (Å²) in [4.78, 5) is 35.2. The molecular formula is C21H26N4O2. The van der Waals surface area contributed by atoms with Crippen molar-refractivity contribution in [2.24, 2.45) is 5.92 Å². The van der Waals surface area contributed by atoms with E-state index in [4.69, 9.17) is 0 Å². The number of nitrogens with zero attached hydrogens (tertiary/aromatic N) is 3. The molecule has 0 bridgehead atoms. The third kappa shape index (κ3) is 4.70. The van der Waals surface area contributed by atoms with Gasteiger partial charge in [-0.1, -0.05) is 30.3 Å². The third-order valence-electron chi connectivity index (χ3n) is 4.73. The fourth-order valence-electron chi connectivity index (χ4n) is 3.26. The number of carbonyl (C=O) groups excluding carboxylic acids is 2. The van der Waals surface area contributed by atoms with Crippen LogP contribution in [-0.4, -0.2) is 45.3 Å². The fraction of sp³-hybridized carbons (Fsp3) is 0.429. The number of carbonyl (C=O) groups is 2. The Morgan fingerprint density at radius 1 is 1.22 bits per heavy atom. The number of aromatic nitrogens is 2. The first-order valence-corrected chi connectivity index (χ1v) is 9.30.